The van der Waals surface area contributed by atoms with Gasteiger partial charge in [-0.05, 0) is 32.3 Å². The molecule has 18 heavy (non-hydrogen) atoms. The van der Waals surface area contributed by atoms with Crippen LogP contribution < -0.4 is 10.5 Å². The van der Waals surface area contributed by atoms with E-state index < -0.39 is 6.04 Å². The molecule has 100 valence electrons. The van der Waals surface area contributed by atoms with Gasteiger partial charge in [0.15, 0.2) is 5.78 Å². The molecule has 0 spiro atoms. The number of hydrogen-bond acceptors (Lipinski definition) is 4. The minimum atomic E-state index is -0.471. The Kier molecular flexibility index (Phi) is 5.28. The van der Waals surface area contributed by atoms with Crippen LogP contribution in [0.15, 0.2) is 18.5 Å². The maximum Gasteiger partial charge on any atom is 0.181 e. The van der Waals surface area contributed by atoms with E-state index >= 15 is 0 Å². The van der Waals surface area contributed by atoms with Crippen molar-refractivity contribution in [2.45, 2.75) is 46.3 Å². The van der Waals surface area contributed by atoms with Gasteiger partial charge in [0.1, 0.15) is 5.75 Å². The molecule has 0 radical (unpaired) electrons. The lowest BCUT2D eigenvalue weighted by molar-refractivity contribution is 0.0950. The van der Waals surface area contributed by atoms with Crippen molar-refractivity contribution in [3.05, 3.63) is 24.0 Å². The van der Waals surface area contributed by atoms with Gasteiger partial charge in [0.25, 0.3) is 0 Å². The van der Waals surface area contributed by atoms with Crippen LogP contribution in [0.1, 0.15) is 44.5 Å². The Balaban J connectivity index is 2.79. The average Bonchev–Trinajstić information content (AvgIpc) is 2.26. The van der Waals surface area contributed by atoms with Gasteiger partial charge in [-0.25, -0.2) is 0 Å². The van der Waals surface area contributed by atoms with E-state index in [1.807, 2.05) is 27.7 Å². The van der Waals surface area contributed by atoms with E-state index in [0.29, 0.717) is 23.7 Å². The minimum Gasteiger partial charge on any atom is -0.489 e. The number of nitrogens with two attached hydrogens (primary N) is 1. The predicted molar refractivity (Wildman–Crippen MR) is 71.8 cm³/mol. The second-order valence-corrected chi connectivity index (χ2v) is 5.18. The molecule has 1 aromatic heterocycles. The van der Waals surface area contributed by atoms with E-state index in [1.165, 1.54) is 6.20 Å². The quantitative estimate of drug-likeness (QED) is 0.787. The van der Waals surface area contributed by atoms with E-state index in [2.05, 4.69) is 4.98 Å². The first kappa shape index (κ1) is 14.6. The van der Waals surface area contributed by atoms with Crippen molar-refractivity contribution in [2.75, 3.05) is 0 Å². The van der Waals surface area contributed by atoms with Crippen molar-refractivity contribution in [2.24, 2.45) is 11.7 Å². The van der Waals surface area contributed by atoms with Gasteiger partial charge in [0.2, 0.25) is 0 Å². The summed E-state index contributed by atoms with van der Waals surface area (Å²) in [5, 5.41) is 0. The maximum atomic E-state index is 12.1. The molecule has 1 unspecified atom stereocenters. The van der Waals surface area contributed by atoms with Gasteiger partial charge in [-0.2, -0.15) is 0 Å². The summed E-state index contributed by atoms with van der Waals surface area (Å²) in [6, 6.07) is 1.23. The number of ether oxygens (including phenoxy) is 1. The second-order valence-electron chi connectivity index (χ2n) is 5.18. The number of carbonyl (C=O) groups is 1. The van der Waals surface area contributed by atoms with E-state index in [1.54, 1.807) is 12.3 Å². The highest BCUT2D eigenvalue weighted by molar-refractivity contribution is 5.99. The molecule has 0 aliphatic carbocycles. The third-order valence-corrected chi connectivity index (χ3v) is 2.43. The number of aromatic nitrogens is 1. The van der Waals surface area contributed by atoms with Crippen LogP contribution in [0.2, 0.25) is 0 Å². The Morgan fingerprint density at radius 3 is 2.56 bits per heavy atom. The largest absolute Gasteiger partial charge is 0.489 e. The lowest BCUT2D eigenvalue weighted by atomic mass is 9.98. The predicted octanol–water partition coefficient (Wildman–Crippen LogP) is 2.42. The Hall–Kier alpha value is -1.42. The molecule has 4 heteroatoms. The fourth-order valence-electron chi connectivity index (χ4n) is 1.72. The summed E-state index contributed by atoms with van der Waals surface area (Å²) in [6.45, 7) is 7.95. The van der Waals surface area contributed by atoms with Gasteiger partial charge < -0.3 is 10.5 Å². The summed E-state index contributed by atoms with van der Waals surface area (Å²) in [5.74, 6) is 0.921. The third-order valence-electron chi connectivity index (χ3n) is 2.43. The van der Waals surface area contributed by atoms with Gasteiger partial charge in [-0.15, -0.1) is 0 Å². The van der Waals surface area contributed by atoms with Crippen molar-refractivity contribution in [3.63, 3.8) is 0 Å². The molecule has 1 atom stereocenters. The molecule has 0 amide bonds. The number of ketones is 1. The Morgan fingerprint density at radius 1 is 1.33 bits per heavy atom. The molecule has 0 aliphatic heterocycles. The first-order valence-electron chi connectivity index (χ1n) is 6.31. The van der Waals surface area contributed by atoms with Crippen molar-refractivity contribution in [3.8, 4) is 5.75 Å². The fraction of sp³-hybridized carbons (Fsp3) is 0.571. The van der Waals surface area contributed by atoms with Crippen molar-refractivity contribution in [1.82, 2.24) is 4.98 Å². The van der Waals surface area contributed by atoms with E-state index in [4.69, 9.17) is 10.5 Å². The zero-order valence-corrected chi connectivity index (χ0v) is 11.5. The zero-order valence-electron chi connectivity index (χ0n) is 11.5. The standard InChI is InChI=1S/C14H22N2O2/c1-9(2)5-13(15)14(17)11-6-12(8-16-7-11)18-10(3)4/h6-10,13H,5,15H2,1-4H3. The third kappa shape index (κ3) is 4.45. The molecule has 0 aliphatic rings. The second kappa shape index (κ2) is 6.50. The monoisotopic (exact) mass is 250 g/mol. The van der Waals surface area contributed by atoms with Crippen LogP contribution in [0.3, 0.4) is 0 Å². The molecule has 0 fully saturated rings. The summed E-state index contributed by atoms with van der Waals surface area (Å²) < 4.78 is 5.51. The molecule has 0 saturated carbocycles. The zero-order chi connectivity index (χ0) is 13.7. The van der Waals surface area contributed by atoms with Crippen LogP contribution in [0, 0.1) is 5.92 Å². The number of Topliss-reactive ketones (excluding diaryl/α,β-unsaturated/α-hetero) is 1. The van der Waals surface area contributed by atoms with Crippen LogP contribution in [0.25, 0.3) is 0 Å². The molecule has 4 nitrogen and oxygen atoms in total. The molecule has 0 aromatic carbocycles. The molecular weight excluding hydrogens is 228 g/mol. The van der Waals surface area contributed by atoms with Gasteiger partial charge in [-0.3, -0.25) is 9.78 Å². The lowest BCUT2D eigenvalue weighted by Crippen LogP contribution is -2.32. The minimum absolute atomic E-state index is 0.0569. The van der Waals surface area contributed by atoms with Crippen molar-refractivity contribution in [1.29, 1.82) is 0 Å². The van der Waals surface area contributed by atoms with E-state index in [-0.39, 0.29) is 11.9 Å². The maximum absolute atomic E-state index is 12.1. The smallest absolute Gasteiger partial charge is 0.181 e. The number of carbonyl (C=O) groups excluding carboxylic acids is 1. The SMILES string of the molecule is CC(C)CC(N)C(=O)c1cncc(OC(C)C)c1. The normalized spacial score (nSPS) is 12.8. The molecule has 1 rings (SSSR count). The first-order chi connectivity index (χ1) is 8.40. The number of nitrogens with zero attached hydrogens (tertiary/aromatic N) is 1. The molecule has 0 bridgehead atoms. The summed E-state index contributed by atoms with van der Waals surface area (Å²) in [7, 11) is 0. The van der Waals surface area contributed by atoms with Crippen LogP contribution in [0.5, 0.6) is 5.75 Å². The lowest BCUT2D eigenvalue weighted by Gasteiger charge is -2.14. The van der Waals surface area contributed by atoms with Gasteiger partial charge in [0.05, 0.1) is 18.3 Å². The summed E-state index contributed by atoms with van der Waals surface area (Å²) in [5.41, 5.74) is 6.40. The first-order valence-corrected chi connectivity index (χ1v) is 6.31. The number of pyridine rings is 1. The highest BCUT2D eigenvalue weighted by Crippen LogP contribution is 2.15. The van der Waals surface area contributed by atoms with Crippen molar-refractivity contribution < 1.29 is 9.53 Å². The molecule has 1 aromatic rings. The molecule has 0 saturated heterocycles. The summed E-state index contributed by atoms with van der Waals surface area (Å²) in [4.78, 5) is 16.1. The van der Waals surface area contributed by atoms with Gasteiger partial charge in [-0.1, -0.05) is 13.8 Å². The van der Waals surface area contributed by atoms with E-state index in [0.717, 1.165) is 0 Å². The summed E-state index contributed by atoms with van der Waals surface area (Å²) >= 11 is 0. The Morgan fingerprint density at radius 2 is 2.00 bits per heavy atom. The van der Waals surface area contributed by atoms with Crippen LogP contribution in [-0.4, -0.2) is 22.9 Å². The van der Waals surface area contributed by atoms with Crippen LogP contribution >= 0.6 is 0 Å². The van der Waals surface area contributed by atoms with Crippen LogP contribution in [0.4, 0.5) is 0 Å². The van der Waals surface area contributed by atoms with E-state index in [9.17, 15) is 4.79 Å². The van der Waals surface area contributed by atoms with Crippen LogP contribution in [-0.2, 0) is 0 Å². The fourth-order valence-corrected chi connectivity index (χ4v) is 1.72. The molecular formula is C14H22N2O2. The van der Waals surface area contributed by atoms with Gasteiger partial charge in [0, 0.05) is 11.8 Å². The highest BCUT2D eigenvalue weighted by Gasteiger charge is 2.18. The molecule has 2 N–H and O–H groups in total. The van der Waals surface area contributed by atoms with Gasteiger partial charge >= 0.3 is 0 Å². The number of rotatable bonds is 6. The topological polar surface area (TPSA) is 65.2 Å². The highest BCUT2D eigenvalue weighted by atomic mass is 16.5. The van der Waals surface area contributed by atoms with Crippen molar-refractivity contribution >= 4 is 5.78 Å². The summed E-state index contributed by atoms with van der Waals surface area (Å²) in [6.07, 6.45) is 3.87. The average molecular weight is 250 g/mol. The number of hydrogen-bond donors (Lipinski definition) is 1. The Labute approximate surface area is 109 Å². The Bertz CT molecular complexity index is 403. The molecule has 1 heterocycles.